The lowest BCUT2D eigenvalue weighted by Crippen LogP contribution is -2.20. The van der Waals surface area contributed by atoms with Crippen molar-refractivity contribution in [2.24, 2.45) is 5.92 Å². The summed E-state index contributed by atoms with van der Waals surface area (Å²) in [4.78, 5) is 18.0. The number of hydrogen-bond acceptors (Lipinski definition) is 4. The minimum atomic E-state index is -1.14. The lowest BCUT2D eigenvalue weighted by molar-refractivity contribution is 0.0681. The van der Waals surface area contributed by atoms with Crippen LogP contribution < -0.4 is 4.74 Å². The minimum Gasteiger partial charge on any atom is -0.477 e. The number of carboxylic acid groups (broad SMARTS) is 1. The molecule has 1 aromatic rings. The molecule has 0 unspecified atom stereocenters. The minimum absolute atomic E-state index is 0.221. The molecular formula is C10H12N2O3. The molecule has 0 bridgehead atoms. The van der Waals surface area contributed by atoms with E-state index in [-0.39, 0.29) is 5.82 Å². The molecule has 0 atom stereocenters. The third-order valence-corrected chi connectivity index (χ3v) is 2.51. The fourth-order valence-corrected chi connectivity index (χ4v) is 1.39. The summed E-state index contributed by atoms with van der Waals surface area (Å²) in [5.74, 6) is -0.409. The summed E-state index contributed by atoms with van der Waals surface area (Å²) in [5.41, 5.74) is 0. The van der Waals surface area contributed by atoms with Crippen molar-refractivity contribution in [1.29, 1.82) is 0 Å². The highest BCUT2D eigenvalue weighted by molar-refractivity contribution is 5.83. The second kappa shape index (κ2) is 4.25. The molecule has 5 nitrogen and oxygen atoms in total. The van der Waals surface area contributed by atoms with Crippen molar-refractivity contribution in [3.63, 3.8) is 0 Å². The molecule has 2 rings (SSSR count). The Labute approximate surface area is 87.1 Å². The number of nitrogens with zero attached hydrogens (tertiary/aromatic N) is 2. The van der Waals surface area contributed by atoms with Crippen LogP contribution in [0.25, 0.3) is 0 Å². The van der Waals surface area contributed by atoms with Gasteiger partial charge in [0.2, 0.25) is 11.7 Å². The summed E-state index contributed by atoms with van der Waals surface area (Å²) < 4.78 is 5.39. The van der Waals surface area contributed by atoms with Gasteiger partial charge in [-0.2, -0.15) is 4.98 Å². The summed E-state index contributed by atoms with van der Waals surface area (Å²) in [6.07, 6.45) is 5.04. The van der Waals surface area contributed by atoms with Gasteiger partial charge in [-0.05, 0) is 18.8 Å². The van der Waals surface area contributed by atoms with Crippen LogP contribution in [-0.4, -0.2) is 27.7 Å². The maximum Gasteiger partial charge on any atom is 0.374 e. The first-order valence-electron chi connectivity index (χ1n) is 4.95. The molecule has 15 heavy (non-hydrogen) atoms. The van der Waals surface area contributed by atoms with Crippen molar-refractivity contribution in [2.75, 3.05) is 6.61 Å². The number of carboxylic acids is 1. The molecule has 1 aromatic heterocycles. The zero-order chi connectivity index (χ0) is 10.7. The van der Waals surface area contributed by atoms with Crippen LogP contribution in [0.3, 0.4) is 0 Å². The van der Waals surface area contributed by atoms with E-state index in [1.165, 1.54) is 25.5 Å². The zero-order valence-electron chi connectivity index (χ0n) is 8.22. The van der Waals surface area contributed by atoms with E-state index in [1.807, 2.05) is 0 Å². The number of aromatic carboxylic acids is 1. The summed E-state index contributed by atoms with van der Waals surface area (Å²) in [5, 5.41) is 8.66. The van der Waals surface area contributed by atoms with Gasteiger partial charge in [-0.25, -0.2) is 9.78 Å². The van der Waals surface area contributed by atoms with Gasteiger partial charge in [0.15, 0.2) is 0 Å². The number of ether oxygens (including phenoxy) is 1. The number of hydrogen-bond donors (Lipinski definition) is 1. The van der Waals surface area contributed by atoms with Gasteiger partial charge < -0.3 is 9.84 Å². The lowest BCUT2D eigenvalue weighted by Gasteiger charge is -2.24. The first-order chi connectivity index (χ1) is 7.25. The molecule has 1 N–H and O–H groups in total. The first kappa shape index (κ1) is 9.89. The highest BCUT2D eigenvalue weighted by Gasteiger charge is 2.18. The van der Waals surface area contributed by atoms with Crippen LogP contribution >= 0.6 is 0 Å². The Morgan fingerprint density at radius 3 is 3.00 bits per heavy atom. The standard InChI is InChI=1S/C10H12N2O3/c13-10(14)9-11-5-4-8(12-9)15-6-7-2-1-3-7/h4-5,7H,1-3,6H2,(H,13,14). The van der Waals surface area contributed by atoms with Crippen molar-refractivity contribution in [3.8, 4) is 5.88 Å². The van der Waals surface area contributed by atoms with Gasteiger partial charge in [0, 0.05) is 12.3 Å². The Kier molecular flexibility index (Phi) is 2.80. The summed E-state index contributed by atoms with van der Waals surface area (Å²) in [6, 6.07) is 1.57. The number of rotatable bonds is 4. The van der Waals surface area contributed by atoms with Gasteiger partial charge in [0.25, 0.3) is 0 Å². The molecule has 1 heterocycles. The summed E-state index contributed by atoms with van der Waals surface area (Å²) in [7, 11) is 0. The van der Waals surface area contributed by atoms with Crippen molar-refractivity contribution >= 4 is 5.97 Å². The second-order valence-corrected chi connectivity index (χ2v) is 3.63. The SMILES string of the molecule is O=C(O)c1nccc(OCC2CCC2)n1. The van der Waals surface area contributed by atoms with Gasteiger partial charge in [-0.1, -0.05) is 6.42 Å². The average Bonchev–Trinajstić information content (AvgIpc) is 2.16. The predicted octanol–water partition coefficient (Wildman–Crippen LogP) is 1.35. The molecule has 1 saturated carbocycles. The van der Waals surface area contributed by atoms with E-state index >= 15 is 0 Å². The van der Waals surface area contributed by atoms with E-state index in [1.54, 1.807) is 6.07 Å². The average molecular weight is 208 g/mol. The Morgan fingerprint density at radius 2 is 2.40 bits per heavy atom. The van der Waals surface area contributed by atoms with Crippen LogP contribution in [0.5, 0.6) is 5.88 Å². The molecular weight excluding hydrogens is 196 g/mol. The smallest absolute Gasteiger partial charge is 0.374 e. The predicted molar refractivity (Wildman–Crippen MR) is 51.8 cm³/mol. The quantitative estimate of drug-likeness (QED) is 0.808. The van der Waals surface area contributed by atoms with Crippen LogP contribution in [0.2, 0.25) is 0 Å². The molecule has 0 aliphatic heterocycles. The maximum absolute atomic E-state index is 10.6. The zero-order valence-corrected chi connectivity index (χ0v) is 8.22. The Morgan fingerprint density at radius 1 is 1.60 bits per heavy atom. The van der Waals surface area contributed by atoms with Crippen LogP contribution in [0.4, 0.5) is 0 Å². The van der Waals surface area contributed by atoms with Crippen LogP contribution in [-0.2, 0) is 0 Å². The highest BCUT2D eigenvalue weighted by atomic mass is 16.5. The van der Waals surface area contributed by atoms with Gasteiger partial charge in [0.05, 0.1) is 6.61 Å². The van der Waals surface area contributed by atoms with E-state index < -0.39 is 5.97 Å². The molecule has 0 amide bonds. The Bertz CT molecular complexity index is 363. The maximum atomic E-state index is 10.6. The molecule has 1 aliphatic rings. The third kappa shape index (κ3) is 2.43. The highest BCUT2D eigenvalue weighted by Crippen LogP contribution is 2.26. The van der Waals surface area contributed by atoms with E-state index in [0.29, 0.717) is 18.4 Å². The van der Waals surface area contributed by atoms with Crippen molar-refractivity contribution in [1.82, 2.24) is 9.97 Å². The molecule has 1 aliphatic carbocycles. The molecule has 0 radical (unpaired) electrons. The van der Waals surface area contributed by atoms with Crippen molar-refractivity contribution in [2.45, 2.75) is 19.3 Å². The molecule has 1 fully saturated rings. The van der Waals surface area contributed by atoms with Gasteiger partial charge in [0.1, 0.15) is 0 Å². The fourth-order valence-electron chi connectivity index (χ4n) is 1.39. The van der Waals surface area contributed by atoms with E-state index in [2.05, 4.69) is 9.97 Å². The summed E-state index contributed by atoms with van der Waals surface area (Å²) in [6.45, 7) is 0.621. The van der Waals surface area contributed by atoms with E-state index in [0.717, 1.165) is 0 Å². The van der Waals surface area contributed by atoms with Crippen LogP contribution in [0.1, 0.15) is 29.9 Å². The van der Waals surface area contributed by atoms with Crippen LogP contribution in [0, 0.1) is 5.92 Å². The Hall–Kier alpha value is -1.65. The first-order valence-corrected chi connectivity index (χ1v) is 4.95. The normalized spacial score (nSPS) is 15.7. The topological polar surface area (TPSA) is 72.3 Å². The Balaban J connectivity index is 1.94. The van der Waals surface area contributed by atoms with Gasteiger partial charge in [-0.3, -0.25) is 0 Å². The monoisotopic (exact) mass is 208 g/mol. The molecule has 0 aromatic carbocycles. The molecule has 80 valence electrons. The fraction of sp³-hybridized carbons (Fsp3) is 0.500. The van der Waals surface area contributed by atoms with Crippen molar-refractivity contribution < 1.29 is 14.6 Å². The second-order valence-electron chi connectivity index (χ2n) is 3.63. The molecule has 0 spiro atoms. The summed E-state index contributed by atoms with van der Waals surface area (Å²) >= 11 is 0. The van der Waals surface area contributed by atoms with E-state index in [9.17, 15) is 4.79 Å². The molecule has 5 heteroatoms. The van der Waals surface area contributed by atoms with Gasteiger partial charge in [-0.15, -0.1) is 0 Å². The lowest BCUT2D eigenvalue weighted by atomic mass is 9.86. The van der Waals surface area contributed by atoms with Crippen LogP contribution in [0.15, 0.2) is 12.3 Å². The number of aromatic nitrogens is 2. The van der Waals surface area contributed by atoms with E-state index in [4.69, 9.17) is 9.84 Å². The largest absolute Gasteiger partial charge is 0.477 e. The van der Waals surface area contributed by atoms with Gasteiger partial charge >= 0.3 is 5.97 Å². The number of carbonyl (C=O) groups is 1. The van der Waals surface area contributed by atoms with Crippen molar-refractivity contribution in [3.05, 3.63) is 18.1 Å². The molecule has 0 saturated heterocycles. The third-order valence-electron chi connectivity index (χ3n) is 2.51.